The van der Waals surface area contributed by atoms with Crippen LogP contribution in [-0.4, -0.2) is 34.8 Å². The summed E-state index contributed by atoms with van der Waals surface area (Å²) in [6, 6.07) is -0.861. The maximum absolute atomic E-state index is 10.4. The summed E-state index contributed by atoms with van der Waals surface area (Å²) in [6.07, 6.45) is 0.935. The first-order valence-corrected chi connectivity index (χ1v) is 4.13. The molecule has 0 aromatic rings. The van der Waals surface area contributed by atoms with Gasteiger partial charge in [0.05, 0.1) is 0 Å². The Morgan fingerprint density at radius 1 is 1.58 bits per heavy atom. The molecule has 0 saturated carbocycles. The van der Waals surface area contributed by atoms with Gasteiger partial charge in [0.2, 0.25) is 6.04 Å². The minimum atomic E-state index is -1.10. The van der Waals surface area contributed by atoms with E-state index in [0.29, 0.717) is 25.9 Å². The van der Waals surface area contributed by atoms with Crippen molar-refractivity contribution in [2.75, 3.05) is 13.1 Å². The van der Waals surface area contributed by atoms with Gasteiger partial charge in [-0.1, -0.05) is 0 Å². The molecule has 1 saturated heterocycles. The van der Waals surface area contributed by atoms with Crippen molar-refractivity contribution in [1.29, 1.82) is 0 Å². The Morgan fingerprint density at radius 3 is 2.50 bits per heavy atom. The minimum Gasteiger partial charge on any atom is -0.383 e. The van der Waals surface area contributed by atoms with Gasteiger partial charge in [0.25, 0.3) is 0 Å². The number of hydrogen-bond donors (Lipinski definition) is 2. The average molecular weight is 174 g/mol. The predicted molar refractivity (Wildman–Crippen MR) is 43.5 cm³/mol. The lowest BCUT2D eigenvalue weighted by atomic mass is 9.86. The molecule has 2 N–H and O–H groups in total. The third-order valence-electron chi connectivity index (χ3n) is 2.56. The number of nitrogens with zero attached hydrogens (tertiary/aromatic N) is 1. The minimum absolute atomic E-state index is 0.411. The van der Waals surface area contributed by atoms with E-state index < -0.39 is 16.6 Å². The molecule has 0 spiro atoms. The van der Waals surface area contributed by atoms with Crippen molar-refractivity contribution in [1.82, 2.24) is 5.32 Å². The van der Waals surface area contributed by atoms with Crippen LogP contribution in [0.5, 0.6) is 0 Å². The zero-order valence-corrected chi connectivity index (χ0v) is 7.12. The molecule has 1 unspecified atom stereocenters. The molecule has 0 amide bonds. The normalized spacial score (nSPS) is 24.8. The van der Waals surface area contributed by atoms with Crippen LogP contribution in [0.15, 0.2) is 0 Å². The molecule has 1 aliphatic heterocycles. The van der Waals surface area contributed by atoms with Crippen LogP contribution < -0.4 is 5.32 Å². The van der Waals surface area contributed by atoms with E-state index in [1.54, 1.807) is 0 Å². The van der Waals surface area contributed by atoms with E-state index in [0.717, 1.165) is 0 Å². The lowest BCUT2D eigenvalue weighted by molar-refractivity contribution is -0.542. The fourth-order valence-corrected chi connectivity index (χ4v) is 1.47. The lowest BCUT2D eigenvalue weighted by Crippen LogP contribution is -2.51. The Bertz CT molecular complexity index is 177. The summed E-state index contributed by atoms with van der Waals surface area (Å²) >= 11 is 0. The molecule has 0 aliphatic carbocycles. The maximum Gasteiger partial charge on any atom is 0.238 e. The number of hydrogen-bond acceptors (Lipinski definition) is 4. The first-order chi connectivity index (χ1) is 5.56. The van der Waals surface area contributed by atoms with Crippen LogP contribution in [0.2, 0.25) is 0 Å². The fraction of sp³-hybridized carbons (Fsp3) is 1.00. The summed E-state index contributed by atoms with van der Waals surface area (Å²) in [5, 5.41) is 23.3. The summed E-state index contributed by atoms with van der Waals surface area (Å²) in [5.74, 6) is 0. The van der Waals surface area contributed by atoms with Gasteiger partial charge in [0.1, 0.15) is 5.60 Å². The van der Waals surface area contributed by atoms with Crippen LogP contribution in [0.25, 0.3) is 0 Å². The summed E-state index contributed by atoms with van der Waals surface area (Å²) in [6.45, 7) is 2.79. The Hall–Kier alpha value is -0.680. The topological polar surface area (TPSA) is 75.4 Å². The molecular weight excluding hydrogens is 160 g/mol. The van der Waals surface area contributed by atoms with E-state index in [9.17, 15) is 15.2 Å². The van der Waals surface area contributed by atoms with Crippen molar-refractivity contribution in [2.24, 2.45) is 0 Å². The van der Waals surface area contributed by atoms with Crippen molar-refractivity contribution in [3.05, 3.63) is 10.1 Å². The molecule has 1 fully saturated rings. The Kier molecular flexibility index (Phi) is 2.64. The molecule has 12 heavy (non-hydrogen) atoms. The van der Waals surface area contributed by atoms with E-state index in [2.05, 4.69) is 5.32 Å². The highest BCUT2D eigenvalue weighted by molar-refractivity contribution is 4.88. The second-order valence-corrected chi connectivity index (χ2v) is 3.31. The highest BCUT2D eigenvalue weighted by atomic mass is 16.6. The van der Waals surface area contributed by atoms with E-state index >= 15 is 0 Å². The highest BCUT2D eigenvalue weighted by Crippen LogP contribution is 2.23. The van der Waals surface area contributed by atoms with Crippen LogP contribution in [0, 0.1) is 10.1 Å². The molecule has 1 atom stereocenters. The Morgan fingerprint density at radius 2 is 2.08 bits per heavy atom. The fourth-order valence-electron chi connectivity index (χ4n) is 1.47. The Labute approximate surface area is 70.9 Å². The van der Waals surface area contributed by atoms with Crippen molar-refractivity contribution in [2.45, 2.75) is 31.4 Å². The van der Waals surface area contributed by atoms with Gasteiger partial charge < -0.3 is 10.4 Å². The zero-order chi connectivity index (χ0) is 9.19. The molecule has 0 bridgehead atoms. The molecule has 0 aromatic carbocycles. The molecule has 1 aliphatic rings. The van der Waals surface area contributed by atoms with Crippen LogP contribution in [0.1, 0.15) is 19.8 Å². The van der Waals surface area contributed by atoms with E-state index in [1.165, 1.54) is 6.92 Å². The smallest absolute Gasteiger partial charge is 0.238 e. The highest BCUT2D eigenvalue weighted by Gasteiger charge is 2.42. The van der Waals surface area contributed by atoms with E-state index in [-0.39, 0.29) is 0 Å². The number of nitrogens with one attached hydrogen (secondary N) is 1. The molecular formula is C7H14N2O3. The molecule has 5 nitrogen and oxygen atoms in total. The molecule has 1 rings (SSSR count). The molecule has 1 heterocycles. The second kappa shape index (κ2) is 3.37. The molecule has 5 heteroatoms. The summed E-state index contributed by atoms with van der Waals surface area (Å²) in [4.78, 5) is 10.0. The molecule has 0 aromatic heterocycles. The number of piperidine rings is 1. The van der Waals surface area contributed by atoms with Crippen molar-refractivity contribution < 1.29 is 10.0 Å². The van der Waals surface area contributed by atoms with Gasteiger partial charge in [0, 0.05) is 11.8 Å². The van der Waals surface area contributed by atoms with Gasteiger partial charge in [-0.3, -0.25) is 10.1 Å². The first kappa shape index (κ1) is 9.41. The average Bonchev–Trinajstić information content (AvgIpc) is 2.04. The van der Waals surface area contributed by atoms with Crippen molar-refractivity contribution in [3.8, 4) is 0 Å². The standard InChI is InChI=1S/C7H14N2O3/c1-6(9(11)12)7(10)2-4-8-5-3-7/h6,8,10H,2-5H2,1H3. The predicted octanol–water partition coefficient (Wildman–Crippen LogP) is -0.234. The molecule has 70 valence electrons. The second-order valence-electron chi connectivity index (χ2n) is 3.31. The third-order valence-corrected chi connectivity index (χ3v) is 2.56. The summed E-state index contributed by atoms with van der Waals surface area (Å²) < 4.78 is 0. The number of nitro groups is 1. The van der Waals surface area contributed by atoms with Gasteiger partial charge >= 0.3 is 0 Å². The van der Waals surface area contributed by atoms with Crippen molar-refractivity contribution >= 4 is 0 Å². The lowest BCUT2D eigenvalue weighted by Gasteiger charge is -2.32. The first-order valence-electron chi connectivity index (χ1n) is 4.13. The van der Waals surface area contributed by atoms with Crippen LogP contribution in [-0.2, 0) is 0 Å². The summed E-state index contributed by atoms with van der Waals surface area (Å²) in [7, 11) is 0. The third kappa shape index (κ3) is 1.73. The largest absolute Gasteiger partial charge is 0.383 e. The summed E-state index contributed by atoms with van der Waals surface area (Å²) in [5.41, 5.74) is -1.10. The van der Waals surface area contributed by atoms with E-state index in [1.807, 2.05) is 0 Å². The monoisotopic (exact) mass is 174 g/mol. The van der Waals surface area contributed by atoms with Gasteiger partial charge in [-0.05, 0) is 25.9 Å². The number of aliphatic hydroxyl groups is 1. The van der Waals surface area contributed by atoms with Gasteiger partial charge in [-0.15, -0.1) is 0 Å². The SMILES string of the molecule is CC([N+](=O)[O-])C1(O)CCNCC1. The van der Waals surface area contributed by atoms with E-state index in [4.69, 9.17) is 0 Å². The zero-order valence-electron chi connectivity index (χ0n) is 7.12. The van der Waals surface area contributed by atoms with Gasteiger partial charge in [-0.25, -0.2) is 0 Å². The Balaban J connectivity index is 2.62. The number of rotatable bonds is 2. The van der Waals surface area contributed by atoms with Crippen LogP contribution >= 0.6 is 0 Å². The van der Waals surface area contributed by atoms with Gasteiger partial charge in [0.15, 0.2) is 0 Å². The molecule has 0 radical (unpaired) electrons. The quantitative estimate of drug-likeness (QED) is 0.447. The maximum atomic E-state index is 10.4. The van der Waals surface area contributed by atoms with Crippen LogP contribution in [0.4, 0.5) is 0 Å². The van der Waals surface area contributed by atoms with Gasteiger partial charge in [-0.2, -0.15) is 0 Å². The van der Waals surface area contributed by atoms with Crippen LogP contribution in [0.3, 0.4) is 0 Å². The van der Waals surface area contributed by atoms with Crippen molar-refractivity contribution in [3.63, 3.8) is 0 Å².